The number of nitrogens with zero attached hydrogens (tertiary/aromatic N) is 1. The normalized spacial score (nSPS) is 20.1. The van der Waals surface area contributed by atoms with E-state index < -0.39 is 18.1 Å². The first-order valence-electron chi connectivity index (χ1n) is 7.54. The fourth-order valence-corrected chi connectivity index (χ4v) is 2.93. The van der Waals surface area contributed by atoms with Crippen molar-refractivity contribution < 1.29 is 19.5 Å². The van der Waals surface area contributed by atoms with E-state index in [1.165, 1.54) is 6.20 Å². The largest absolute Gasteiger partial charge is 0.480 e. The van der Waals surface area contributed by atoms with Crippen LogP contribution in [0.5, 0.6) is 0 Å². The molecule has 1 aliphatic heterocycles. The molecule has 0 spiro atoms. The average molecular weight is 360 g/mol. The summed E-state index contributed by atoms with van der Waals surface area (Å²) in [6, 6.07) is 5.43. The van der Waals surface area contributed by atoms with E-state index >= 15 is 0 Å². The molecule has 0 bridgehead atoms. The van der Waals surface area contributed by atoms with E-state index in [1.807, 2.05) is 0 Å². The second-order valence-electron chi connectivity index (χ2n) is 5.74. The number of benzene rings is 1. The summed E-state index contributed by atoms with van der Waals surface area (Å²) in [4.78, 5) is 38.6. The smallest absolute Gasteiger partial charge is 0.325 e. The summed E-state index contributed by atoms with van der Waals surface area (Å²) < 4.78 is 0. The summed E-state index contributed by atoms with van der Waals surface area (Å²) in [5.74, 6) is 0.165. The van der Waals surface area contributed by atoms with Gasteiger partial charge in [0.25, 0.3) is 5.91 Å². The molecule has 128 valence electrons. The van der Waals surface area contributed by atoms with Crippen LogP contribution >= 0.6 is 11.6 Å². The van der Waals surface area contributed by atoms with Crippen molar-refractivity contribution in [3.63, 3.8) is 0 Å². The number of pyridine rings is 1. The van der Waals surface area contributed by atoms with Crippen LogP contribution in [0.2, 0.25) is 5.02 Å². The first-order valence-corrected chi connectivity index (χ1v) is 7.92. The quantitative estimate of drug-likeness (QED) is 0.710. The summed E-state index contributed by atoms with van der Waals surface area (Å²) >= 11 is 5.91. The van der Waals surface area contributed by atoms with E-state index in [0.717, 1.165) is 5.39 Å². The van der Waals surface area contributed by atoms with Crippen LogP contribution in [0, 0.1) is 0 Å². The lowest BCUT2D eigenvalue weighted by molar-refractivity contribution is -0.138. The maximum Gasteiger partial charge on any atom is 0.325 e. The Labute approximate surface area is 147 Å². The minimum atomic E-state index is -1.14. The van der Waals surface area contributed by atoms with Crippen LogP contribution in [0.25, 0.3) is 10.9 Å². The number of nitrogens with one attached hydrogen (secondary N) is 2. The Kier molecular flexibility index (Phi) is 4.81. The molecule has 25 heavy (non-hydrogen) atoms. The van der Waals surface area contributed by atoms with Gasteiger partial charge in [-0.25, -0.2) is 4.79 Å². The molecule has 1 amide bonds. The van der Waals surface area contributed by atoms with Gasteiger partial charge in [-0.1, -0.05) is 17.7 Å². The minimum Gasteiger partial charge on any atom is -0.480 e. The monoisotopic (exact) mass is 359 g/mol. The van der Waals surface area contributed by atoms with Crippen molar-refractivity contribution in [3.8, 4) is 0 Å². The molecule has 0 saturated carbocycles. The van der Waals surface area contributed by atoms with E-state index in [2.05, 4.69) is 15.6 Å². The van der Waals surface area contributed by atoms with E-state index in [9.17, 15) is 14.4 Å². The molecule has 3 N–H and O–H groups in total. The van der Waals surface area contributed by atoms with Crippen molar-refractivity contribution in [2.24, 2.45) is 0 Å². The fourth-order valence-electron chi connectivity index (χ4n) is 2.77. The first-order chi connectivity index (χ1) is 12.0. The van der Waals surface area contributed by atoms with Gasteiger partial charge in [0, 0.05) is 41.2 Å². The first kappa shape index (κ1) is 17.1. The van der Waals surface area contributed by atoms with Crippen molar-refractivity contribution in [2.45, 2.75) is 18.5 Å². The number of carbonyl (C=O) groups excluding carboxylic acids is 2. The van der Waals surface area contributed by atoms with E-state index in [-0.39, 0.29) is 24.4 Å². The standard InChI is InChI=1S/C17H14ClN3O4/c18-12-2-1-9-3-10(6-19-14(9)5-12)16(23)21-13-4-11(8-22)15(17(24)25)20-7-13/h1-3,5-6,13,15,20H,4,7H2,(H,21,23)(H,24,25). The molecule has 0 aliphatic carbocycles. The zero-order chi connectivity index (χ0) is 18.0. The second kappa shape index (κ2) is 7.03. The van der Waals surface area contributed by atoms with Crippen LogP contribution in [-0.4, -0.2) is 46.5 Å². The molecule has 2 aromatic rings. The molecule has 2 unspecified atom stereocenters. The molecule has 2 atom stereocenters. The van der Waals surface area contributed by atoms with Crippen LogP contribution in [0.4, 0.5) is 0 Å². The van der Waals surface area contributed by atoms with Crippen molar-refractivity contribution in [3.05, 3.63) is 46.6 Å². The van der Waals surface area contributed by atoms with Gasteiger partial charge < -0.3 is 10.4 Å². The summed E-state index contributed by atoms with van der Waals surface area (Å²) in [6.45, 7) is 0.241. The number of halogens is 1. The lowest BCUT2D eigenvalue weighted by Gasteiger charge is -2.28. The lowest BCUT2D eigenvalue weighted by Crippen LogP contribution is -2.53. The highest BCUT2D eigenvalue weighted by molar-refractivity contribution is 6.31. The number of hydrogen-bond acceptors (Lipinski definition) is 5. The van der Waals surface area contributed by atoms with Gasteiger partial charge in [0.1, 0.15) is 12.0 Å². The Morgan fingerprint density at radius 2 is 2.16 bits per heavy atom. The van der Waals surface area contributed by atoms with Crippen LogP contribution < -0.4 is 10.6 Å². The number of hydrogen-bond donors (Lipinski definition) is 3. The summed E-state index contributed by atoms with van der Waals surface area (Å²) in [5, 5.41) is 15.9. The number of carboxylic acid groups (broad SMARTS) is 1. The average Bonchev–Trinajstić information content (AvgIpc) is 2.60. The summed E-state index contributed by atoms with van der Waals surface area (Å²) in [5.41, 5.74) is 1.13. The highest BCUT2D eigenvalue weighted by atomic mass is 35.5. The second-order valence-corrected chi connectivity index (χ2v) is 6.18. The topological polar surface area (TPSA) is 108 Å². The molecule has 1 saturated heterocycles. The minimum absolute atomic E-state index is 0.0790. The van der Waals surface area contributed by atoms with Crippen LogP contribution in [0.1, 0.15) is 16.8 Å². The number of aromatic nitrogens is 1. The van der Waals surface area contributed by atoms with Crippen molar-refractivity contribution in [1.82, 2.24) is 15.6 Å². The Morgan fingerprint density at radius 1 is 1.36 bits per heavy atom. The highest BCUT2D eigenvalue weighted by Gasteiger charge is 2.31. The van der Waals surface area contributed by atoms with Crippen molar-refractivity contribution >= 4 is 40.3 Å². The molecule has 0 radical (unpaired) electrons. The van der Waals surface area contributed by atoms with Gasteiger partial charge in [-0.3, -0.25) is 19.9 Å². The Morgan fingerprint density at radius 3 is 2.88 bits per heavy atom. The number of piperidine rings is 1. The Balaban J connectivity index is 1.73. The fraction of sp³-hybridized carbons (Fsp3) is 0.235. The highest BCUT2D eigenvalue weighted by Crippen LogP contribution is 2.19. The van der Waals surface area contributed by atoms with E-state index in [0.29, 0.717) is 16.1 Å². The number of carboxylic acids is 1. The SMILES string of the molecule is O=C=C1CC(NC(=O)c2cnc3cc(Cl)ccc3c2)CNC1C(=O)O. The van der Waals surface area contributed by atoms with Crippen molar-refractivity contribution in [2.75, 3.05) is 6.54 Å². The molecule has 8 heteroatoms. The molecule has 1 aromatic carbocycles. The predicted molar refractivity (Wildman–Crippen MR) is 91.3 cm³/mol. The molecular weight excluding hydrogens is 346 g/mol. The molecule has 3 rings (SSSR count). The van der Waals surface area contributed by atoms with E-state index in [1.54, 1.807) is 30.2 Å². The number of rotatable bonds is 3. The van der Waals surface area contributed by atoms with Gasteiger partial charge in [0.15, 0.2) is 0 Å². The van der Waals surface area contributed by atoms with Gasteiger partial charge in [-0.15, -0.1) is 0 Å². The Hall–Kier alpha value is -2.73. The molecule has 2 heterocycles. The van der Waals surface area contributed by atoms with Crippen LogP contribution in [-0.2, 0) is 9.59 Å². The van der Waals surface area contributed by atoms with Crippen molar-refractivity contribution in [1.29, 1.82) is 0 Å². The van der Waals surface area contributed by atoms with Gasteiger partial charge in [0.2, 0.25) is 0 Å². The number of aliphatic carboxylic acids is 1. The van der Waals surface area contributed by atoms with Gasteiger partial charge in [-0.2, -0.15) is 0 Å². The molecule has 7 nitrogen and oxygen atoms in total. The van der Waals surface area contributed by atoms with Crippen LogP contribution in [0.15, 0.2) is 36.0 Å². The van der Waals surface area contributed by atoms with Crippen LogP contribution in [0.3, 0.4) is 0 Å². The predicted octanol–water partition coefficient (Wildman–Crippen LogP) is 1.19. The van der Waals surface area contributed by atoms with Gasteiger partial charge in [0.05, 0.1) is 11.1 Å². The maximum atomic E-state index is 12.4. The zero-order valence-electron chi connectivity index (χ0n) is 13.0. The third-order valence-electron chi connectivity index (χ3n) is 4.00. The number of fused-ring (bicyclic) bond motifs is 1. The van der Waals surface area contributed by atoms with E-state index in [4.69, 9.17) is 16.7 Å². The number of amides is 1. The molecule has 1 fully saturated rings. The number of carbonyl (C=O) groups is 2. The molecule has 1 aliphatic rings. The summed E-state index contributed by atoms with van der Waals surface area (Å²) in [6.07, 6.45) is 1.58. The lowest BCUT2D eigenvalue weighted by atomic mass is 9.95. The zero-order valence-corrected chi connectivity index (χ0v) is 13.7. The Bertz CT molecular complexity index is 908. The third-order valence-corrected chi connectivity index (χ3v) is 4.24. The maximum absolute atomic E-state index is 12.4. The third kappa shape index (κ3) is 3.69. The molecular formula is C17H14ClN3O4. The van der Waals surface area contributed by atoms with Gasteiger partial charge in [-0.05, 0) is 18.2 Å². The van der Waals surface area contributed by atoms with Gasteiger partial charge >= 0.3 is 5.97 Å². The molecule has 1 aromatic heterocycles. The summed E-state index contributed by atoms with van der Waals surface area (Å²) in [7, 11) is 0.